The minimum atomic E-state index is -0.836. The summed E-state index contributed by atoms with van der Waals surface area (Å²) in [4.78, 5) is 15.8. The highest BCUT2D eigenvalue weighted by atomic mass is 16.5. The lowest BCUT2D eigenvalue weighted by atomic mass is 9.78. The number of nitrogens with zero attached hydrogens (tertiary/aromatic N) is 2. The number of Topliss-reactive ketones (excluding diaryl/α,β-unsaturated/α-hetero) is 1. The molecule has 3 heterocycles. The summed E-state index contributed by atoms with van der Waals surface area (Å²) in [7, 11) is 0. The van der Waals surface area contributed by atoms with Crippen LogP contribution in [-0.2, 0) is 4.74 Å². The number of allylic oxidation sites excluding steroid dienone is 2. The fraction of sp³-hybridized carbons (Fsp3) is 0.300. The smallest absolute Gasteiger partial charge is 0.213 e. The van der Waals surface area contributed by atoms with Gasteiger partial charge >= 0.3 is 0 Å². The van der Waals surface area contributed by atoms with Crippen LogP contribution in [0, 0.1) is 0 Å². The molecule has 0 spiro atoms. The molecular formula is C20H21N3O2. The minimum absolute atomic E-state index is 0.00935. The van der Waals surface area contributed by atoms with Crippen LogP contribution in [0.1, 0.15) is 29.8 Å². The number of carbonyl (C=O) groups is 1. The zero-order valence-electron chi connectivity index (χ0n) is 14.0. The Morgan fingerprint density at radius 2 is 2.08 bits per heavy atom. The summed E-state index contributed by atoms with van der Waals surface area (Å²) in [5.41, 5.74) is 0.715. The third kappa shape index (κ3) is 2.65. The van der Waals surface area contributed by atoms with E-state index in [-0.39, 0.29) is 5.78 Å². The average Bonchev–Trinajstić information content (AvgIpc) is 3.23. The molecule has 0 saturated carbocycles. The minimum Gasteiger partial charge on any atom is -0.491 e. The molecule has 0 bridgehead atoms. The number of carbonyl (C=O) groups excluding carboxylic acids is 1. The Bertz CT molecular complexity index is 796. The molecule has 1 N–H and O–H groups in total. The summed E-state index contributed by atoms with van der Waals surface area (Å²) >= 11 is 0. The summed E-state index contributed by atoms with van der Waals surface area (Å²) in [6.45, 7) is 1.31. The third-order valence-corrected chi connectivity index (χ3v) is 4.95. The molecule has 1 aromatic carbocycles. The number of H-pyrrole nitrogens is 1. The maximum atomic E-state index is 13.6. The van der Waals surface area contributed by atoms with E-state index in [0.29, 0.717) is 12.3 Å². The van der Waals surface area contributed by atoms with Gasteiger partial charge in [-0.1, -0.05) is 24.3 Å². The number of nitrogens with one attached hydrogen (secondary N) is 1. The quantitative estimate of drug-likeness (QED) is 0.869. The van der Waals surface area contributed by atoms with Gasteiger partial charge in [-0.15, -0.1) is 0 Å². The molecule has 25 heavy (non-hydrogen) atoms. The highest BCUT2D eigenvalue weighted by Gasteiger charge is 2.51. The molecule has 1 unspecified atom stereocenters. The predicted molar refractivity (Wildman–Crippen MR) is 96.5 cm³/mol. The average molecular weight is 335 g/mol. The molecule has 2 aliphatic heterocycles. The zero-order chi connectivity index (χ0) is 17.1. The van der Waals surface area contributed by atoms with Crippen LogP contribution in [-0.4, -0.2) is 34.7 Å². The van der Waals surface area contributed by atoms with Crippen LogP contribution in [0.4, 0.5) is 5.69 Å². The van der Waals surface area contributed by atoms with Crippen molar-refractivity contribution in [3.8, 4) is 0 Å². The second-order valence-corrected chi connectivity index (χ2v) is 6.37. The molecule has 0 amide bonds. The van der Waals surface area contributed by atoms with Crippen LogP contribution < -0.4 is 4.90 Å². The van der Waals surface area contributed by atoms with Crippen molar-refractivity contribution >= 4 is 11.5 Å². The van der Waals surface area contributed by atoms with Gasteiger partial charge in [0.05, 0.1) is 0 Å². The van der Waals surface area contributed by atoms with Crippen molar-refractivity contribution in [1.29, 1.82) is 0 Å². The number of rotatable bonds is 4. The molecule has 4 rings (SSSR count). The number of hydrogen-bond donors (Lipinski definition) is 1. The highest BCUT2D eigenvalue weighted by molar-refractivity contribution is 6.06. The lowest BCUT2D eigenvalue weighted by Crippen LogP contribution is -2.59. The van der Waals surface area contributed by atoms with Crippen LogP contribution >= 0.6 is 0 Å². The summed E-state index contributed by atoms with van der Waals surface area (Å²) in [5.74, 6) is 0.730. The second kappa shape index (κ2) is 6.59. The third-order valence-electron chi connectivity index (χ3n) is 4.95. The Balaban J connectivity index is 1.87. The number of aromatic amines is 1. The Hall–Kier alpha value is -2.82. The van der Waals surface area contributed by atoms with Gasteiger partial charge in [-0.2, -0.15) is 5.10 Å². The fourth-order valence-corrected chi connectivity index (χ4v) is 3.80. The molecule has 2 aromatic rings. The maximum Gasteiger partial charge on any atom is 0.213 e. The van der Waals surface area contributed by atoms with Gasteiger partial charge in [0.15, 0.2) is 5.54 Å². The first-order valence-electron chi connectivity index (χ1n) is 8.69. The summed E-state index contributed by atoms with van der Waals surface area (Å²) in [6.07, 6.45) is 10.2. The van der Waals surface area contributed by atoms with Gasteiger partial charge in [-0.3, -0.25) is 9.89 Å². The van der Waals surface area contributed by atoms with Crippen LogP contribution in [0.2, 0.25) is 0 Å². The van der Waals surface area contributed by atoms with Gasteiger partial charge < -0.3 is 9.64 Å². The van der Waals surface area contributed by atoms with Crippen molar-refractivity contribution in [2.75, 3.05) is 18.1 Å². The molecule has 0 radical (unpaired) electrons. The monoisotopic (exact) mass is 335 g/mol. The van der Waals surface area contributed by atoms with Gasteiger partial charge in [-0.05, 0) is 49.6 Å². The van der Waals surface area contributed by atoms with Gasteiger partial charge in [0.25, 0.3) is 0 Å². The van der Waals surface area contributed by atoms with Crippen molar-refractivity contribution < 1.29 is 9.53 Å². The number of piperidine rings is 1. The van der Waals surface area contributed by atoms with E-state index >= 15 is 0 Å². The number of hydrogen-bond acceptors (Lipinski definition) is 4. The number of para-hydroxylation sites is 1. The van der Waals surface area contributed by atoms with Crippen molar-refractivity contribution in [3.63, 3.8) is 0 Å². The second-order valence-electron chi connectivity index (χ2n) is 6.37. The fourth-order valence-electron chi connectivity index (χ4n) is 3.80. The van der Waals surface area contributed by atoms with Gasteiger partial charge in [0.1, 0.15) is 18.1 Å². The van der Waals surface area contributed by atoms with Crippen molar-refractivity contribution in [2.45, 2.75) is 24.8 Å². The van der Waals surface area contributed by atoms with E-state index in [0.717, 1.165) is 37.3 Å². The zero-order valence-corrected chi connectivity index (χ0v) is 14.0. The van der Waals surface area contributed by atoms with Crippen molar-refractivity contribution in [2.24, 2.45) is 0 Å². The SMILES string of the molecule is O=C(c1ccn[nH]1)C1(C2=CC=CCO2)CCCCN1c1ccccc1. The first-order valence-corrected chi connectivity index (χ1v) is 8.69. The molecular weight excluding hydrogens is 314 g/mol. The molecule has 1 atom stereocenters. The van der Waals surface area contributed by atoms with E-state index in [2.05, 4.69) is 27.2 Å². The van der Waals surface area contributed by atoms with Crippen LogP contribution in [0.5, 0.6) is 0 Å². The van der Waals surface area contributed by atoms with Gasteiger partial charge in [0.2, 0.25) is 5.78 Å². The van der Waals surface area contributed by atoms with Crippen molar-refractivity contribution in [1.82, 2.24) is 10.2 Å². The topological polar surface area (TPSA) is 58.2 Å². The number of ketones is 1. The van der Waals surface area contributed by atoms with Gasteiger partial charge in [0, 0.05) is 18.4 Å². The lowest BCUT2D eigenvalue weighted by molar-refractivity contribution is 0.0791. The number of ether oxygens (including phenoxy) is 1. The molecule has 5 nitrogen and oxygen atoms in total. The molecule has 128 valence electrons. The molecule has 2 aliphatic rings. The highest BCUT2D eigenvalue weighted by Crippen LogP contribution is 2.41. The molecule has 1 saturated heterocycles. The van der Waals surface area contributed by atoms with E-state index < -0.39 is 5.54 Å². The first-order chi connectivity index (χ1) is 12.3. The van der Waals surface area contributed by atoms with Crippen LogP contribution in [0.15, 0.2) is 66.6 Å². The Kier molecular flexibility index (Phi) is 4.14. The van der Waals surface area contributed by atoms with E-state index in [1.807, 2.05) is 36.4 Å². The van der Waals surface area contributed by atoms with E-state index in [4.69, 9.17) is 4.74 Å². The lowest BCUT2D eigenvalue weighted by Gasteiger charge is -2.48. The van der Waals surface area contributed by atoms with E-state index in [9.17, 15) is 4.79 Å². The summed E-state index contributed by atoms with van der Waals surface area (Å²) in [5, 5.41) is 6.82. The molecule has 1 fully saturated rings. The normalized spacial score (nSPS) is 23.0. The van der Waals surface area contributed by atoms with Crippen LogP contribution in [0.3, 0.4) is 0 Å². The standard InChI is InChI=1S/C20H21N3O2/c24-19(17-11-13-21-22-17)20(18-10-4-7-15-25-18)12-5-6-14-23(20)16-8-2-1-3-9-16/h1-4,7-11,13H,5-6,12,14-15H2,(H,21,22). The first kappa shape index (κ1) is 15.7. The Labute approximate surface area is 147 Å². The molecule has 5 heteroatoms. The molecule has 1 aromatic heterocycles. The largest absolute Gasteiger partial charge is 0.491 e. The predicted octanol–water partition coefficient (Wildman–Crippen LogP) is 3.49. The number of aromatic nitrogens is 2. The Morgan fingerprint density at radius 3 is 2.80 bits per heavy atom. The Morgan fingerprint density at radius 1 is 1.20 bits per heavy atom. The van der Waals surface area contributed by atoms with Crippen molar-refractivity contribution in [3.05, 3.63) is 72.3 Å². The maximum absolute atomic E-state index is 13.6. The van der Waals surface area contributed by atoms with E-state index in [1.165, 1.54) is 0 Å². The number of benzene rings is 1. The van der Waals surface area contributed by atoms with Crippen LogP contribution in [0.25, 0.3) is 0 Å². The number of anilines is 1. The van der Waals surface area contributed by atoms with Gasteiger partial charge in [-0.25, -0.2) is 0 Å². The summed E-state index contributed by atoms with van der Waals surface area (Å²) in [6, 6.07) is 11.8. The van der Waals surface area contributed by atoms with E-state index in [1.54, 1.807) is 12.3 Å². The summed E-state index contributed by atoms with van der Waals surface area (Å²) < 4.78 is 5.97. The molecule has 0 aliphatic carbocycles.